The molecule has 2 atom stereocenters. The lowest BCUT2D eigenvalue weighted by Gasteiger charge is -2.15. The van der Waals surface area contributed by atoms with Crippen LogP contribution in [0.5, 0.6) is 0 Å². The standard InChI is InChI=1S/C13H14O/c1-9-6-7-11-10-4-2-3-5-12(10)14-13(11)8-9/h4-8,11,13H,2-3H2,1H3. The van der Waals surface area contributed by atoms with Crippen LogP contribution in [0.15, 0.2) is 47.3 Å². The van der Waals surface area contributed by atoms with Crippen molar-refractivity contribution in [3.8, 4) is 0 Å². The highest BCUT2D eigenvalue weighted by Crippen LogP contribution is 2.41. The van der Waals surface area contributed by atoms with E-state index in [0.29, 0.717) is 5.92 Å². The minimum atomic E-state index is 0.260. The zero-order valence-corrected chi connectivity index (χ0v) is 8.36. The van der Waals surface area contributed by atoms with Gasteiger partial charge in [0.15, 0.2) is 0 Å². The average molecular weight is 186 g/mol. The summed E-state index contributed by atoms with van der Waals surface area (Å²) in [6, 6.07) is 0. The van der Waals surface area contributed by atoms with Gasteiger partial charge in [0.05, 0.1) is 0 Å². The Balaban J connectivity index is 2.01. The Hall–Kier alpha value is -1.24. The molecule has 0 radical (unpaired) electrons. The van der Waals surface area contributed by atoms with Gasteiger partial charge >= 0.3 is 0 Å². The summed E-state index contributed by atoms with van der Waals surface area (Å²) in [7, 11) is 0. The summed E-state index contributed by atoms with van der Waals surface area (Å²) < 4.78 is 5.90. The van der Waals surface area contributed by atoms with Gasteiger partial charge in [-0.25, -0.2) is 0 Å². The second-order valence-corrected chi connectivity index (χ2v) is 4.18. The second kappa shape index (κ2) is 2.88. The van der Waals surface area contributed by atoms with E-state index >= 15 is 0 Å². The molecule has 3 aliphatic rings. The maximum Gasteiger partial charge on any atom is 0.128 e. The van der Waals surface area contributed by atoms with E-state index in [1.165, 1.54) is 17.6 Å². The van der Waals surface area contributed by atoms with Gasteiger partial charge < -0.3 is 4.74 Å². The fourth-order valence-electron chi connectivity index (χ4n) is 2.41. The predicted molar refractivity (Wildman–Crippen MR) is 56.7 cm³/mol. The molecule has 0 N–H and O–H groups in total. The van der Waals surface area contributed by atoms with Crippen LogP contribution in [0, 0.1) is 5.92 Å². The molecule has 0 aromatic heterocycles. The molecule has 14 heavy (non-hydrogen) atoms. The highest BCUT2D eigenvalue weighted by molar-refractivity contribution is 5.43. The van der Waals surface area contributed by atoms with Crippen molar-refractivity contribution < 1.29 is 4.74 Å². The summed E-state index contributed by atoms with van der Waals surface area (Å²) in [5.74, 6) is 1.60. The lowest BCUT2D eigenvalue weighted by atomic mass is 9.87. The second-order valence-electron chi connectivity index (χ2n) is 4.18. The van der Waals surface area contributed by atoms with Crippen molar-refractivity contribution in [1.29, 1.82) is 0 Å². The lowest BCUT2D eigenvalue weighted by molar-refractivity contribution is 0.183. The third-order valence-corrected chi connectivity index (χ3v) is 3.11. The van der Waals surface area contributed by atoms with E-state index in [9.17, 15) is 0 Å². The molecule has 0 saturated carbocycles. The first kappa shape index (κ1) is 8.10. The molecule has 2 aliphatic carbocycles. The molecule has 1 saturated heterocycles. The summed E-state index contributed by atoms with van der Waals surface area (Å²) in [4.78, 5) is 0. The minimum absolute atomic E-state index is 0.260. The summed E-state index contributed by atoms with van der Waals surface area (Å²) in [6.07, 6.45) is 13.8. The van der Waals surface area contributed by atoms with Gasteiger partial charge in [0.25, 0.3) is 0 Å². The van der Waals surface area contributed by atoms with Crippen LogP contribution in [-0.2, 0) is 4.74 Å². The third kappa shape index (κ3) is 1.08. The number of hydrogen-bond acceptors (Lipinski definition) is 1. The SMILES string of the molecule is CC1=CC2OC3=CCCC=C3C2C=C1. The normalized spacial score (nSPS) is 33.6. The van der Waals surface area contributed by atoms with Gasteiger partial charge in [0.1, 0.15) is 11.9 Å². The van der Waals surface area contributed by atoms with Gasteiger partial charge in [-0.1, -0.05) is 23.8 Å². The maximum atomic E-state index is 5.90. The highest BCUT2D eigenvalue weighted by Gasteiger charge is 2.35. The first-order valence-electron chi connectivity index (χ1n) is 5.28. The Morgan fingerprint density at radius 1 is 1.29 bits per heavy atom. The summed E-state index contributed by atoms with van der Waals surface area (Å²) in [5.41, 5.74) is 2.72. The van der Waals surface area contributed by atoms with Crippen molar-refractivity contribution >= 4 is 0 Å². The monoisotopic (exact) mass is 186 g/mol. The van der Waals surface area contributed by atoms with Crippen LogP contribution in [0.2, 0.25) is 0 Å². The Kier molecular flexibility index (Phi) is 1.66. The van der Waals surface area contributed by atoms with E-state index in [2.05, 4.69) is 37.3 Å². The molecular weight excluding hydrogens is 172 g/mol. The predicted octanol–water partition coefficient (Wildman–Crippen LogP) is 3.12. The summed E-state index contributed by atoms with van der Waals surface area (Å²) >= 11 is 0. The van der Waals surface area contributed by atoms with Gasteiger partial charge in [-0.2, -0.15) is 0 Å². The van der Waals surface area contributed by atoms with E-state index in [4.69, 9.17) is 4.74 Å². The molecule has 3 rings (SSSR count). The number of rotatable bonds is 0. The summed E-state index contributed by atoms with van der Waals surface area (Å²) in [5, 5.41) is 0. The van der Waals surface area contributed by atoms with Crippen molar-refractivity contribution in [1.82, 2.24) is 0 Å². The largest absolute Gasteiger partial charge is 0.485 e. The number of hydrogen-bond donors (Lipinski definition) is 0. The number of fused-ring (bicyclic) bond motifs is 3. The smallest absolute Gasteiger partial charge is 0.128 e. The van der Waals surface area contributed by atoms with Crippen LogP contribution in [0.1, 0.15) is 19.8 Å². The lowest BCUT2D eigenvalue weighted by Crippen LogP contribution is -2.14. The van der Waals surface area contributed by atoms with E-state index < -0.39 is 0 Å². The minimum Gasteiger partial charge on any atom is -0.485 e. The Labute approximate surface area is 84.5 Å². The van der Waals surface area contributed by atoms with Crippen molar-refractivity contribution in [3.05, 3.63) is 47.3 Å². The van der Waals surface area contributed by atoms with E-state index in [1.54, 1.807) is 0 Å². The van der Waals surface area contributed by atoms with Crippen molar-refractivity contribution in [3.63, 3.8) is 0 Å². The highest BCUT2D eigenvalue weighted by atomic mass is 16.5. The first-order chi connectivity index (χ1) is 6.84. The van der Waals surface area contributed by atoms with Gasteiger partial charge in [-0.05, 0) is 31.9 Å². The fourth-order valence-corrected chi connectivity index (χ4v) is 2.41. The molecule has 1 fully saturated rings. The van der Waals surface area contributed by atoms with E-state index in [-0.39, 0.29) is 6.10 Å². The molecule has 1 aliphatic heterocycles. The quantitative estimate of drug-likeness (QED) is 0.564. The molecule has 72 valence electrons. The summed E-state index contributed by atoms with van der Waals surface area (Å²) in [6.45, 7) is 2.13. The molecule has 1 heteroatoms. The Morgan fingerprint density at radius 2 is 2.14 bits per heavy atom. The molecule has 1 nitrogen and oxygen atoms in total. The molecule has 0 aromatic carbocycles. The van der Waals surface area contributed by atoms with Gasteiger partial charge in [-0.15, -0.1) is 0 Å². The molecule has 1 heterocycles. The van der Waals surface area contributed by atoms with Crippen molar-refractivity contribution in [2.24, 2.45) is 5.92 Å². The first-order valence-corrected chi connectivity index (χ1v) is 5.28. The number of ether oxygens (including phenoxy) is 1. The molecular formula is C13H14O. The third-order valence-electron chi connectivity index (χ3n) is 3.11. The van der Waals surface area contributed by atoms with Crippen LogP contribution in [0.4, 0.5) is 0 Å². The zero-order valence-electron chi connectivity index (χ0n) is 8.36. The van der Waals surface area contributed by atoms with Gasteiger partial charge in [-0.3, -0.25) is 0 Å². The van der Waals surface area contributed by atoms with Gasteiger partial charge in [0.2, 0.25) is 0 Å². The molecule has 0 bridgehead atoms. The topological polar surface area (TPSA) is 9.23 Å². The van der Waals surface area contributed by atoms with E-state index in [0.717, 1.165) is 12.2 Å². The Bertz CT molecular complexity index is 382. The van der Waals surface area contributed by atoms with Gasteiger partial charge in [0, 0.05) is 11.5 Å². The maximum absolute atomic E-state index is 5.90. The van der Waals surface area contributed by atoms with Crippen molar-refractivity contribution in [2.45, 2.75) is 25.9 Å². The zero-order chi connectivity index (χ0) is 9.54. The fraction of sp³-hybridized carbons (Fsp3) is 0.385. The molecule has 2 unspecified atom stereocenters. The van der Waals surface area contributed by atoms with Crippen LogP contribution >= 0.6 is 0 Å². The number of allylic oxidation sites excluding steroid dienone is 5. The van der Waals surface area contributed by atoms with Crippen LogP contribution in [-0.4, -0.2) is 6.10 Å². The van der Waals surface area contributed by atoms with Crippen LogP contribution in [0.25, 0.3) is 0 Å². The van der Waals surface area contributed by atoms with Crippen LogP contribution in [0.3, 0.4) is 0 Å². The van der Waals surface area contributed by atoms with Crippen molar-refractivity contribution in [2.75, 3.05) is 0 Å². The van der Waals surface area contributed by atoms with Crippen LogP contribution < -0.4 is 0 Å². The Morgan fingerprint density at radius 3 is 3.07 bits per heavy atom. The molecule has 0 amide bonds. The molecule has 0 aromatic rings. The average Bonchev–Trinajstić information content (AvgIpc) is 2.54. The van der Waals surface area contributed by atoms with E-state index in [1.807, 2.05) is 0 Å². The molecule has 0 spiro atoms.